The second-order valence-electron chi connectivity index (χ2n) is 3.25. The lowest BCUT2D eigenvalue weighted by Crippen LogP contribution is -2.21. The lowest BCUT2D eigenvalue weighted by molar-refractivity contribution is -0.172. The molecule has 0 atom stereocenters. The van der Waals surface area contributed by atoms with Crippen LogP contribution in [-0.4, -0.2) is 41.1 Å². The highest BCUT2D eigenvalue weighted by molar-refractivity contribution is 7.80. The third-order valence-electron chi connectivity index (χ3n) is 1.79. The van der Waals surface area contributed by atoms with E-state index in [2.05, 4.69) is 20.3 Å². The third kappa shape index (κ3) is 5.23. The molecule has 0 aliphatic heterocycles. The Bertz CT molecular complexity index is 413. The van der Waals surface area contributed by atoms with Crippen LogP contribution in [0.15, 0.2) is 12.3 Å². The summed E-state index contributed by atoms with van der Waals surface area (Å²) in [7, 11) is 0. The Morgan fingerprint density at radius 2 is 2.22 bits per heavy atom. The normalized spacial score (nSPS) is 11.3. The van der Waals surface area contributed by atoms with Gasteiger partial charge in [0.15, 0.2) is 5.82 Å². The van der Waals surface area contributed by atoms with Gasteiger partial charge in [-0.1, -0.05) is 12.2 Å². The molecule has 0 aliphatic carbocycles. The highest BCUT2D eigenvalue weighted by atomic mass is 32.1. The number of hydrogen-bond acceptors (Lipinski definition) is 5. The molecule has 0 bridgehead atoms. The van der Waals surface area contributed by atoms with Crippen LogP contribution in [0.3, 0.4) is 0 Å². The summed E-state index contributed by atoms with van der Waals surface area (Å²) in [4.78, 5) is 0.128. The van der Waals surface area contributed by atoms with Crippen LogP contribution in [0.1, 0.15) is 5.56 Å². The summed E-state index contributed by atoms with van der Waals surface area (Å²) in [6, 6.07) is 1.56. The number of ether oxygens (including phenoxy) is 1. The van der Waals surface area contributed by atoms with E-state index in [1.54, 1.807) is 6.07 Å². The van der Waals surface area contributed by atoms with E-state index in [1.165, 1.54) is 6.20 Å². The molecule has 0 spiro atoms. The van der Waals surface area contributed by atoms with Crippen molar-refractivity contribution in [1.29, 1.82) is 0 Å². The quantitative estimate of drug-likeness (QED) is 0.600. The molecule has 0 saturated carbocycles. The number of nitrogens with one attached hydrogen (secondary N) is 1. The van der Waals surface area contributed by atoms with Crippen molar-refractivity contribution < 1.29 is 17.9 Å². The van der Waals surface area contributed by atoms with E-state index in [0.29, 0.717) is 11.4 Å². The van der Waals surface area contributed by atoms with E-state index in [0.717, 1.165) is 0 Å². The van der Waals surface area contributed by atoms with Crippen molar-refractivity contribution >= 4 is 23.0 Å². The Balaban J connectivity index is 2.38. The van der Waals surface area contributed by atoms with Crippen molar-refractivity contribution in [3.05, 3.63) is 17.8 Å². The first-order chi connectivity index (χ1) is 8.40. The van der Waals surface area contributed by atoms with Crippen LogP contribution in [0.4, 0.5) is 19.0 Å². The van der Waals surface area contributed by atoms with Crippen molar-refractivity contribution in [2.75, 3.05) is 25.1 Å². The molecule has 3 N–H and O–H groups in total. The number of alkyl halides is 3. The van der Waals surface area contributed by atoms with E-state index in [-0.39, 0.29) is 18.1 Å². The number of hydrogen-bond donors (Lipinski definition) is 2. The Morgan fingerprint density at radius 1 is 1.50 bits per heavy atom. The van der Waals surface area contributed by atoms with E-state index in [9.17, 15) is 13.2 Å². The number of rotatable bonds is 6. The van der Waals surface area contributed by atoms with Gasteiger partial charge in [-0.15, -0.1) is 5.10 Å². The van der Waals surface area contributed by atoms with Crippen LogP contribution in [0, 0.1) is 0 Å². The summed E-state index contributed by atoms with van der Waals surface area (Å²) in [5.74, 6) is 0.320. The first kappa shape index (κ1) is 14.6. The van der Waals surface area contributed by atoms with Crippen molar-refractivity contribution in [3.8, 4) is 0 Å². The van der Waals surface area contributed by atoms with Crippen molar-refractivity contribution in [3.63, 3.8) is 0 Å². The Labute approximate surface area is 107 Å². The van der Waals surface area contributed by atoms with Gasteiger partial charge >= 0.3 is 6.18 Å². The zero-order chi connectivity index (χ0) is 13.6. The smallest absolute Gasteiger partial charge is 0.389 e. The number of nitrogens with zero attached hydrogens (tertiary/aromatic N) is 2. The molecule has 0 radical (unpaired) electrons. The van der Waals surface area contributed by atoms with Gasteiger partial charge in [-0.2, -0.15) is 18.3 Å². The first-order valence-electron chi connectivity index (χ1n) is 4.90. The molecular formula is C9H11F3N4OS. The van der Waals surface area contributed by atoms with Crippen LogP contribution in [-0.2, 0) is 4.74 Å². The molecule has 1 heterocycles. The average Bonchev–Trinajstić information content (AvgIpc) is 2.27. The lowest BCUT2D eigenvalue weighted by Gasteiger charge is -2.10. The third-order valence-corrected chi connectivity index (χ3v) is 2.01. The Morgan fingerprint density at radius 3 is 2.83 bits per heavy atom. The summed E-state index contributed by atoms with van der Waals surface area (Å²) in [6.45, 7) is -1.26. The second kappa shape index (κ2) is 6.45. The number of anilines is 1. The molecule has 1 aromatic heterocycles. The fourth-order valence-electron chi connectivity index (χ4n) is 1.09. The topological polar surface area (TPSA) is 73.1 Å². The van der Waals surface area contributed by atoms with Crippen LogP contribution in [0.5, 0.6) is 0 Å². The molecule has 5 nitrogen and oxygen atoms in total. The minimum absolute atomic E-state index is 0.118. The van der Waals surface area contributed by atoms with Gasteiger partial charge in [0.25, 0.3) is 0 Å². The average molecular weight is 280 g/mol. The lowest BCUT2D eigenvalue weighted by atomic mass is 10.3. The highest BCUT2D eigenvalue weighted by Crippen LogP contribution is 2.14. The number of thiocarbonyl (C=S) groups is 1. The highest BCUT2D eigenvalue weighted by Gasteiger charge is 2.27. The van der Waals surface area contributed by atoms with Crippen molar-refractivity contribution in [1.82, 2.24) is 10.2 Å². The molecule has 9 heteroatoms. The summed E-state index contributed by atoms with van der Waals surface area (Å²) in [5.41, 5.74) is 5.93. The molecule has 0 saturated heterocycles. The monoisotopic (exact) mass is 280 g/mol. The molecule has 0 aliphatic rings. The standard InChI is InChI=1S/C9H11F3N4OS/c10-9(11,12)5-17-4-3-14-8-6(7(13)18)1-2-15-16-8/h1-2H,3-5H2,(H2,13,18)(H,14,16). The van der Waals surface area contributed by atoms with E-state index in [4.69, 9.17) is 18.0 Å². The fraction of sp³-hybridized carbons (Fsp3) is 0.444. The minimum atomic E-state index is -4.32. The molecule has 18 heavy (non-hydrogen) atoms. The van der Waals surface area contributed by atoms with Gasteiger partial charge in [-0.25, -0.2) is 0 Å². The van der Waals surface area contributed by atoms with Crippen LogP contribution >= 0.6 is 12.2 Å². The van der Waals surface area contributed by atoms with Gasteiger partial charge in [0.1, 0.15) is 11.6 Å². The van der Waals surface area contributed by atoms with E-state index < -0.39 is 12.8 Å². The second-order valence-corrected chi connectivity index (χ2v) is 3.69. The fourth-order valence-corrected chi connectivity index (χ4v) is 1.26. The number of nitrogens with two attached hydrogens (primary N) is 1. The van der Waals surface area contributed by atoms with E-state index >= 15 is 0 Å². The molecule has 0 aromatic carbocycles. The maximum atomic E-state index is 11.8. The van der Waals surface area contributed by atoms with Gasteiger partial charge in [0.05, 0.1) is 18.4 Å². The zero-order valence-electron chi connectivity index (χ0n) is 9.20. The molecule has 0 amide bonds. The maximum absolute atomic E-state index is 11.8. The van der Waals surface area contributed by atoms with Gasteiger partial charge in [0, 0.05) is 6.54 Å². The molecule has 1 rings (SSSR count). The molecule has 1 aromatic rings. The van der Waals surface area contributed by atoms with Gasteiger partial charge in [-0.3, -0.25) is 0 Å². The van der Waals surface area contributed by atoms with Crippen LogP contribution < -0.4 is 11.1 Å². The minimum Gasteiger partial charge on any atom is -0.389 e. The van der Waals surface area contributed by atoms with Crippen LogP contribution in [0.2, 0.25) is 0 Å². The summed E-state index contributed by atoms with van der Waals surface area (Å²) in [5, 5.41) is 10.1. The first-order valence-corrected chi connectivity index (χ1v) is 5.31. The largest absolute Gasteiger partial charge is 0.411 e. The zero-order valence-corrected chi connectivity index (χ0v) is 10.0. The van der Waals surface area contributed by atoms with Crippen LogP contribution in [0.25, 0.3) is 0 Å². The SMILES string of the molecule is NC(=S)c1ccnnc1NCCOCC(F)(F)F. The van der Waals surface area contributed by atoms with Crippen molar-refractivity contribution in [2.24, 2.45) is 5.73 Å². The van der Waals surface area contributed by atoms with Crippen molar-refractivity contribution in [2.45, 2.75) is 6.18 Å². The molecule has 0 fully saturated rings. The van der Waals surface area contributed by atoms with Gasteiger partial charge < -0.3 is 15.8 Å². The van der Waals surface area contributed by atoms with E-state index in [1.807, 2.05) is 0 Å². The predicted molar refractivity (Wildman–Crippen MR) is 63.3 cm³/mol. The maximum Gasteiger partial charge on any atom is 0.411 e. The summed E-state index contributed by atoms with van der Waals surface area (Å²) >= 11 is 4.79. The Kier molecular flexibility index (Phi) is 5.23. The number of halogens is 3. The van der Waals surface area contributed by atoms with Gasteiger partial charge in [-0.05, 0) is 6.07 Å². The van der Waals surface area contributed by atoms with Gasteiger partial charge in [0.2, 0.25) is 0 Å². The Hall–Kier alpha value is -1.48. The summed E-state index contributed by atoms with van der Waals surface area (Å²) < 4.78 is 39.7. The molecule has 100 valence electrons. The summed E-state index contributed by atoms with van der Waals surface area (Å²) in [6.07, 6.45) is -2.91. The predicted octanol–water partition coefficient (Wildman–Crippen LogP) is 1.10. The molecule has 0 unspecified atom stereocenters. The molecular weight excluding hydrogens is 269 g/mol. The number of aromatic nitrogens is 2.